The molecule has 0 aromatic heterocycles. The standard InChI is InChI=1S/C25H29FN2O4/c26-23-20(17-29)7-4-8-22(23)27-13-15-28(16-14-27)24(30)18-9-11-21(12-10-18)32-25(31)19-5-2-1-3-6-19/h1-8,18,21,29H,9-17H2. The van der Waals surface area contributed by atoms with Gasteiger partial charge in [0, 0.05) is 37.7 Å². The molecule has 0 atom stereocenters. The van der Waals surface area contributed by atoms with Gasteiger partial charge in [0.15, 0.2) is 5.82 Å². The number of aliphatic hydroxyl groups excluding tert-OH is 1. The van der Waals surface area contributed by atoms with Gasteiger partial charge in [0.2, 0.25) is 5.91 Å². The maximum atomic E-state index is 14.5. The fraction of sp³-hybridized carbons (Fsp3) is 0.440. The van der Waals surface area contributed by atoms with Crippen LogP contribution in [0.2, 0.25) is 0 Å². The average Bonchev–Trinajstić information content (AvgIpc) is 2.85. The minimum Gasteiger partial charge on any atom is -0.459 e. The lowest BCUT2D eigenvalue weighted by Crippen LogP contribution is -2.51. The number of benzene rings is 2. The van der Waals surface area contributed by atoms with E-state index >= 15 is 0 Å². The first-order chi connectivity index (χ1) is 15.6. The number of carbonyl (C=O) groups excluding carboxylic acids is 2. The molecule has 1 N–H and O–H groups in total. The van der Waals surface area contributed by atoms with Gasteiger partial charge in [0.05, 0.1) is 17.9 Å². The van der Waals surface area contributed by atoms with Crippen molar-refractivity contribution in [1.82, 2.24) is 4.90 Å². The molecule has 1 aliphatic carbocycles. The molecule has 0 spiro atoms. The second-order valence-corrected chi connectivity index (χ2v) is 8.47. The molecule has 6 nitrogen and oxygen atoms in total. The molecular formula is C25H29FN2O4. The second kappa shape index (κ2) is 10.1. The van der Waals surface area contributed by atoms with Gasteiger partial charge in [-0.25, -0.2) is 9.18 Å². The Morgan fingerprint density at radius 2 is 1.62 bits per heavy atom. The van der Waals surface area contributed by atoms with Crippen LogP contribution in [-0.2, 0) is 16.1 Å². The molecule has 1 saturated heterocycles. The Bertz CT molecular complexity index is 936. The van der Waals surface area contributed by atoms with Gasteiger partial charge in [-0.2, -0.15) is 0 Å². The molecule has 0 radical (unpaired) electrons. The summed E-state index contributed by atoms with van der Waals surface area (Å²) in [6.07, 6.45) is 2.64. The molecule has 2 aliphatic rings. The summed E-state index contributed by atoms with van der Waals surface area (Å²) in [4.78, 5) is 29.0. The van der Waals surface area contributed by atoms with Crippen LogP contribution in [0.3, 0.4) is 0 Å². The molecule has 0 unspecified atom stereocenters. The monoisotopic (exact) mass is 440 g/mol. The van der Waals surface area contributed by atoms with Crippen molar-refractivity contribution in [3.8, 4) is 0 Å². The highest BCUT2D eigenvalue weighted by molar-refractivity contribution is 5.89. The zero-order chi connectivity index (χ0) is 22.5. The number of nitrogens with zero attached hydrogens (tertiary/aromatic N) is 2. The zero-order valence-corrected chi connectivity index (χ0v) is 18.1. The normalized spacial score (nSPS) is 21.3. The highest BCUT2D eigenvalue weighted by Gasteiger charge is 2.32. The van der Waals surface area contributed by atoms with Crippen LogP contribution >= 0.6 is 0 Å². The maximum absolute atomic E-state index is 14.5. The van der Waals surface area contributed by atoms with Crippen molar-refractivity contribution in [2.45, 2.75) is 38.4 Å². The molecule has 1 heterocycles. The molecule has 1 amide bonds. The van der Waals surface area contributed by atoms with E-state index in [4.69, 9.17) is 4.74 Å². The number of hydrogen-bond donors (Lipinski definition) is 1. The predicted molar refractivity (Wildman–Crippen MR) is 119 cm³/mol. The minimum absolute atomic E-state index is 0.0531. The van der Waals surface area contributed by atoms with Crippen molar-refractivity contribution < 1.29 is 23.8 Å². The van der Waals surface area contributed by atoms with Crippen molar-refractivity contribution in [1.29, 1.82) is 0 Å². The van der Waals surface area contributed by atoms with Gasteiger partial charge < -0.3 is 19.6 Å². The van der Waals surface area contributed by atoms with E-state index in [0.717, 1.165) is 0 Å². The van der Waals surface area contributed by atoms with Crippen LogP contribution in [0.5, 0.6) is 0 Å². The third-order valence-corrected chi connectivity index (χ3v) is 6.47. The molecule has 1 saturated carbocycles. The van der Waals surface area contributed by atoms with E-state index in [2.05, 4.69) is 0 Å². The second-order valence-electron chi connectivity index (χ2n) is 8.47. The fourth-order valence-corrected chi connectivity index (χ4v) is 4.58. The number of hydrogen-bond acceptors (Lipinski definition) is 5. The number of ether oxygens (including phenoxy) is 1. The molecule has 170 valence electrons. The fourth-order valence-electron chi connectivity index (χ4n) is 4.58. The topological polar surface area (TPSA) is 70.1 Å². The summed E-state index contributed by atoms with van der Waals surface area (Å²) in [6.45, 7) is 1.87. The lowest BCUT2D eigenvalue weighted by molar-refractivity contribution is -0.137. The molecule has 4 rings (SSSR count). The van der Waals surface area contributed by atoms with Gasteiger partial charge in [0.1, 0.15) is 6.10 Å². The summed E-state index contributed by atoms with van der Waals surface area (Å²) >= 11 is 0. The van der Waals surface area contributed by atoms with Gasteiger partial charge >= 0.3 is 5.97 Å². The Morgan fingerprint density at radius 3 is 2.28 bits per heavy atom. The number of rotatable bonds is 5. The van der Waals surface area contributed by atoms with E-state index in [9.17, 15) is 19.1 Å². The van der Waals surface area contributed by atoms with Crippen LogP contribution in [0.25, 0.3) is 0 Å². The Balaban J connectivity index is 1.25. The van der Waals surface area contributed by atoms with Gasteiger partial charge in [-0.3, -0.25) is 4.79 Å². The summed E-state index contributed by atoms with van der Waals surface area (Å²) in [5, 5.41) is 9.29. The number of piperazine rings is 1. The first-order valence-electron chi connectivity index (χ1n) is 11.2. The van der Waals surface area contributed by atoms with Crippen molar-refractivity contribution in [2.75, 3.05) is 31.1 Å². The van der Waals surface area contributed by atoms with Crippen LogP contribution in [-0.4, -0.2) is 54.2 Å². The zero-order valence-electron chi connectivity index (χ0n) is 18.1. The highest BCUT2D eigenvalue weighted by atomic mass is 19.1. The van der Waals surface area contributed by atoms with E-state index in [0.29, 0.717) is 63.1 Å². The van der Waals surface area contributed by atoms with Crippen molar-refractivity contribution in [2.24, 2.45) is 5.92 Å². The summed E-state index contributed by atoms with van der Waals surface area (Å²) < 4.78 is 20.1. The van der Waals surface area contributed by atoms with Gasteiger partial charge in [-0.1, -0.05) is 30.3 Å². The Hall–Kier alpha value is -2.93. The number of esters is 1. The van der Waals surface area contributed by atoms with Crippen molar-refractivity contribution >= 4 is 17.6 Å². The first kappa shape index (κ1) is 22.3. The van der Waals surface area contributed by atoms with Crippen LogP contribution in [0.4, 0.5) is 10.1 Å². The van der Waals surface area contributed by atoms with Gasteiger partial charge in [-0.15, -0.1) is 0 Å². The number of anilines is 1. The van der Waals surface area contributed by atoms with Crippen LogP contribution < -0.4 is 4.90 Å². The van der Waals surface area contributed by atoms with E-state index in [1.165, 1.54) is 0 Å². The van der Waals surface area contributed by atoms with Crippen molar-refractivity contribution in [3.05, 3.63) is 65.5 Å². The van der Waals surface area contributed by atoms with Gasteiger partial charge in [-0.05, 0) is 43.9 Å². The van der Waals surface area contributed by atoms with Crippen LogP contribution in [0.15, 0.2) is 48.5 Å². The SMILES string of the molecule is O=C(OC1CCC(C(=O)N2CCN(c3cccc(CO)c3F)CC2)CC1)c1ccccc1. The predicted octanol–water partition coefficient (Wildman–Crippen LogP) is 3.38. The third kappa shape index (κ3) is 4.93. The highest BCUT2D eigenvalue weighted by Crippen LogP contribution is 2.29. The summed E-state index contributed by atoms with van der Waals surface area (Å²) in [5.74, 6) is -0.614. The lowest BCUT2D eigenvalue weighted by Gasteiger charge is -2.39. The molecule has 2 aromatic rings. The summed E-state index contributed by atoms with van der Waals surface area (Å²) in [7, 11) is 0. The molecule has 0 bridgehead atoms. The first-order valence-corrected chi connectivity index (χ1v) is 11.2. The molecule has 2 fully saturated rings. The number of aliphatic hydroxyl groups is 1. The van der Waals surface area contributed by atoms with Crippen LogP contribution in [0, 0.1) is 11.7 Å². The van der Waals surface area contributed by atoms with E-state index in [1.54, 1.807) is 30.3 Å². The molecule has 7 heteroatoms. The van der Waals surface area contributed by atoms with E-state index in [1.807, 2.05) is 28.0 Å². The average molecular weight is 441 g/mol. The van der Waals surface area contributed by atoms with E-state index in [-0.39, 0.29) is 36.1 Å². The van der Waals surface area contributed by atoms with Crippen molar-refractivity contribution in [3.63, 3.8) is 0 Å². The summed E-state index contributed by atoms with van der Waals surface area (Å²) in [5.41, 5.74) is 1.31. The Kier molecular flexibility index (Phi) is 7.05. The number of carbonyl (C=O) groups is 2. The lowest BCUT2D eigenvalue weighted by atomic mass is 9.86. The Morgan fingerprint density at radius 1 is 0.938 bits per heavy atom. The van der Waals surface area contributed by atoms with Crippen LogP contribution in [0.1, 0.15) is 41.6 Å². The summed E-state index contributed by atoms with van der Waals surface area (Å²) in [6, 6.07) is 14.0. The molecule has 2 aromatic carbocycles. The molecule has 1 aliphatic heterocycles. The Labute approximate surface area is 187 Å². The number of amides is 1. The molecule has 32 heavy (non-hydrogen) atoms. The van der Waals surface area contributed by atoms with Gasteiger partial charge in [0.25, 0.3) is 0 Å². The quantitative estimate of drug-likeness (QED) is 0.722. The number of halogens is 1. The minimum atomic E-state index is -0.391. The molecular weight excluding hydrogens is 411 g/mol. The third-order valence-electron chi connectivity index (χ3n) is 6.47. The van der Waals surface area contributed by atoms with E-state index < -0.39 is 5.82 Å². The maximum Gasteiger partial charge on any atom is 0.338 e. The smallest absolute Gasteiger partial charge is 0.338 e. The largest absolute Gasteiger partial charge is 0.459 e.